The van der Waals surface area contributed by atoms with E-state index in [0.29, 0.717) is 0 Å². The van der Waals surface area contributed by atoms with Gasteiger partial charge in [-0.15, -0.1) is 0 Å². The zero-order chi connectivity index (χ0) is 11.7. The zero-order valence-electron chi connectivity index (χ0n) is 9.99. The van der Waals surface area contributed by atoms with Gasteiger partial charge in [0.1, 0.15) is 0 Å². The summed E-state index contributed by atoms with van der Waals surface area (Å²) in [7, 11) is 0. The Balaban J connectivity index is 2.60. The van der Waals surface area contributed by atoms with E-state index >= 15 is 0 Å². The number of benzene rings is 1. The van der Waals surface area contributed by atoms with E-state index in [-0.39, 0.29) is 0 Å². The van der Waals surface area contributed by atoms with E-state index in [2.05, 4.69) is 37.5 Å². The van der Waals surface area contributed by atoms with Gasteiger partial charge in [-0.25, -0.2) is 0 Å². The molecule has 0 saturated heterocycles. The van der Waals surface area contributed by atoms with Crippen molar-refractivity contribution >= 4 is 5.69 Å². The van der Waals surface area contributed by atoms with E-state index in [1.54, 1.807) is 0 Å². The van der Waals surface area contributed by atoms with Crippen LogP contribution in [0.2, 0.25) is 0 Å². The average molecular weight is 213 g/mol. The number of pyridine rings is 1. The molecule has 16 heavy (non-hydrogen) atoms. The van der Waals surface area contributed by atoms with E-state index in [0.717, 1.165) is 11.4 Å². The summed E-state index contributed by atoms with van der Waals surface area (Å²) in [5.41, 5.74) is 11.4. The van der Waals surface area contributed by atoms with E-state index in [9.17, 15) is 0 Å². The summed E-state index contributed by atoms with van der Waals surface area (Å²) in [5, 5.41) is 0. The number of anilines is 1. The van der Waals surface area contributed by atoms with Crippen LogP contribution in [0.25, 0.3) is 5.69 Å². The second-order valence-corrected chi connectivity index (χ2v) is 4.24. The molecule has 0 aliphatic heterocycles. The summed E-state index contributed by atoms with van der Waals surface area (Å²) in [6.45, 7) is 6.36. The van der Waals surface area contributed by atoms with Gasteiger partial charge in [-0.3, -0.25) is 0 Å². The van der Waals surface area contributed by atoms with Crippen LogP contribution in [-0.4, -0.2) is 0 Å². The van der Waals surface area contributed by atoms with Gasteiger partial charge in [0.2, 0.25) is 5.69 Å². The van der Waals surface area contributed by atoms with Crippen LogP contribution < -0.4 is 10.3 Å². The lowest BCUT2D eigenvalue weighted by Gasteiger charge is -2.04. The monoisotopic (exact) mass is 213 g/mol. The minimum atomic E-state index is 0.798. The lowest BCUT2D eigenvalue weighted by atomic mass is 10.2. The molecule has 0 spiro atoms. The van der Waals surface area contributed by atoms with Gasteiger partial charge < -0.3 is 5.73 Å². The molecule has 0 unspecified atom stereocenters. The predicted octanol–water partition coefficient (Wildman–Crippen LogP) is 2.47. The topological polar surface area (TPSA) is 29.9 Å². The Morgan fingerprint density at radius 2 is 1.38 bits per heavy atom. The summed E-state index contributed by atoms with van der Waals surface area (Å²) >= 11 is 0. The molecule has 2 aromatic rings. The molecule has 2 heteroatoms. The number of nitrogens with two attached hydrogens (primary N) is 1. The highest BCUT2D eigenvalue weighted by Gasteiger charge is 2.14. The first-order valence-electron chi connectivity index (χ1n) is 5.44. The summed E-state index contributed by atoms with van der Waals surface area (Å²) < 4.78 is 2.23. The predicted molar refractivity (Wildman–Crippen MR) is 66.6 cm³/mol. The molecular formula is C14H17N2+. The van der Waals surface area contributed by atoms with Crippen molar-refractivity contribution in [2.24, 2.45) is 0 Å². The van der Waals surface area contributed by atoms with E-state index in [4.69, 9.17) is 5.73 Å². The Labute approximate surface area is 96.4 Å². The maximum atomic E-state index is 5.70. The molecule has 0 bridgehead atoms. The minimum Gasteiger partial charge on any atom is -0.399 e. The third kappa shape index (κ3) is 1.91. The van der Waals surface area contributed by atoms with Gasteiger partial charge in [0, 0.05) is 43.8 Å². The molecule has 82 valence electrons. The molecule has 0 saturated carbocycles. The molecule has 1 aromatic heterocycles. The Morgan fingerprint density at radius 3 is 1.88 bits per heavy atom. The molecule has 1 heterocycles. The summed E-state index contributed by atoms with van der Waals surface area (Å²) in [6, 6.07) is 12.3. The summed E-state index contributed by atoms with van der Waals surface area (Å²) in [4.78, 5) is 0. The number of hydrogen-bond acceptors (Lipinski definition) is 1. The molecule has 2 rings (SSSR count). The van der Waals surface area contributed by atoms with Crippen molar-refractivity contribution in [2.75, 3.05) is 5.73 Å². The second-order valence-electron chi connectivity index (χ2n) is 4.24. The number of nitrogens with zero attached hydrogens (tertiary/aromatic N) is 1. The molecule has 0 fully saturated rings. The van der Waals surface area contributed by atoms with Gasteiger partial charge >= 0.3 is 0 Å². The van der Waals surface area contributed by atoms with Crippen molar-refractivity contribution in [3.63, 3.8) is 0 Å². The summed E-state index contributed by atoms with van der Waals surface area (Å²) in [5.74, 6) is 0. The Kier molecular flexibility index (Phi) is 2.65. The number of rotatable bonds is 1. The number of aryl methyl sites for hydroxylation is 3. The van der Waals surface area contributed by atoms with Crippen LogP contribution in [0.5, 0.6) is 0 Å². The van der Waals surface area contributed by atoms with E-state index in [1.807, 2.05) is 24.3 Å². The maximum Gasteiger partial charge on any atom is 0.211 e. The van der Waals surface area contributed by atoms with Crippen LogP contribution in [-0.2, 0) is 0 Å². The standard InChI is InChI=1S/C14H17N2/c1-10-8-11(2)16(12(3)9-10)14-6-4-13(15)5-7-14/h4-9H,15H2,1-3H3/q+1. The molecular weight excluding hydrogens is 196 g/mol. The fourth-order valence-corrected chi connectivity index (χ4v) is 2.14. The van der Waals surface area contributed by atoms with Crippen LogP contribution in [0, 0.1) is 20.8 Å². The molecule has 0 radical (unpaired) electrons. The van der Waals surface area contributed by atoms with Crippen LogP contribution >= 0.6 is 0 Å². The molecule has 2 N–H and O–H groups in total. The lowest BCUT2D eigenvalue weighted by molar-refractivity contribution is -0.609. The number of nitrogen functional groups attached to an aromatic ring is 1. The van der Waals surface area contributed by atoms with Crippen molar-refractivity contribution in [1.82, 2.24) is 0 Å². The fourth-order valence-electron chi connectivity index (χ4n) is 2.14. The Morgan fingerprint density at radius 1 is 0.875 bits per heavy atom. The van der Waals surface area contributed by atoms with Crippen LogP contribution in [0.4, 0.5) is 5.69 Å². The van der Waals surface area contributed by atoms with Crippen molar-refractivity contribution in [3.8, 4) is 5.69 Å². The molecule has 2 nitrogen and oxygen atoms in total. The van der Waals surface area contributed by atoms with Gasteiger partial charge in [0.25, 0.3) is 0 Å². The smallest absolute Gasteiger partial charge is 0.211 e. The average Bonchev–Trinajstić information content (AvgIpc) is 2.19. The van der Waals surface area contributed by atoms with Crippen molar-refractivity contribution in [1.29, 1.82) is 0 Å². The number of aromatic nitrogens is 1. The second kappa shape index (κ2) is 3.97. The molecule has 0 atom stereocenters. The highest BCUT2D eigenvalue weighted by atomic mass is 15.0. The highest BCUT2D eigenvalue weighted by Crippen LogP contribution is 2.09. The van der Waals surface area contributed by atoms with Crippen LogP contribution in [0.3, 0.4) is 0 Å². The van der Waals surface area contributed by atoms with Crippen LogP contribution in [0.1, 0.15) is 17.0 Å². The zero-order valence-corrected chi connectivity index (χ0v) is 9.99. The molecule has 1 aromatic carbocycles. The largest absolute Gasteiger partial charge is 0.399 e. The Bertz CT molecular complexity index is 490. The van der Waals surface area contributed by atoms with Gasteiger partial charge in [-0.2, -0.15) is 4.57 Å². The van der Waals surface area contributed by atoms with Crippen molar-refractivity contribution in [2.45, 2.75) is 20.8 Å². The minimum absolute atomic E-state index is 0.798. The van der Waals surface area contributed by atoms with Crippen molar-refractivity contribution in [3.05, 3.63) is 53.3 Å². The summed E-state index contributed by atoms with van der Waals surface area (Å²) in [6.07, 6.45) is 0. The maximum absolute atomic E-state index is 5.70. The first-order chi connectivity index (χ1) is 7.58. The lowest BCUT2D eigenvalue weighted by Crippen LogP contribution is -2.37. The molecule has 0 amide bonds. The Hall–Kier alpha value is -1.83. The van der Waals surface area contributed by atoms with Crippen LogP contribution in [0.15, 0.2) is 36.4 Å². The van der Waals surface area contributed by atoms with Crippen molar-refractivity contribution < 1.29 is 4.57 Å². The van der Waals surface area contributed by atoms with Gasteiger partial charge in [-0.1, -0.05) is 0 Å². The SMILES string of the molecule is Cc1cc(C)[n+](-c2ccc(N)cc2)c(C)c1. The van der Waals surface area contributed by atoms with E-state index in [1.165, 1.54) is 17.0 Å². The molecule has 0 aliphatic carbocycles. The van der Waals surface area contributed by atoms with Gasteiger partial charge in [0.15, 0.2) is 11.4 Å². The third-order valence-corrected chi connectivity index (χ3v) is 2.73. The quantitative estimate of drug-likeness (QED) is 0.572. The first-order valence-corrected chi connectivity index (χ1v) is 5.44. The fraction of sp³-hybridized carbons (Fsp3) is 0.214. The highest BCUT2D eigenvalue weighted by molar-refractivity contribution is 5.42. The van der Waals surface area contributed by atoms with Gasteiger partial charge in [-0.05, 0) is 24.6 Å². The van der Waals surface area contributed by atoms with Gasteiger partial charge in [0.05, 0.1) is 0 Å². The third-order valence-electron chi connectivity index (χ3n) is 2.73. The normalized spacial score (nSPS) is 10.4. The first kappa shape index (κ1) is 10.7. The van der Waals surface area contributed by atoms with E-state index < -0.39 is 0 Å². The number of hydrogen-bond donors (Lipinski definition) is 1. The molecule has 0 aliphatic rings.